The number of aryl methyl sites for hydroxylation is 1. The van der Waals surface area contributed by atoms with E-state index >= 15 is 0 Å². The van der Waals surface area contributed by atoms with Crippen LogP contribution in [-0.4, -0.2) is 21.5 Å². The lowest BCUT2D eigenvalue weighted by Crippen LogP contribution is -2.37. The van der Waals surface area contributed by atoms with Gasteiger partial charge in [0.05, 0.1) is 11.7 Å². The van der Waals surface area contributed by atoms with Gasteiger partial charge in [-0.25, -0.2) is 4.98 Å². The van der Waals surface area contributed by atoms with Gasteiger partial charge in [-0.05, 0) is 44.7 Å². The maximum absolute atomic E-state index is 13.0. The molecule has 3 rings (SSSR count). The average molecular weight is 404 g/mol. The Bertz CT molecular complexity index is 1000. The largest absolute Gasteiger partial charge is 0.352 e. The Morgan fingerprint density at radius 1 is 1.26 bits per heavy atom. The fourth-order valence-corrected chi connectivity index (χ4v) is 4.83. The van der Waals surface area contributed by atoms with Crippen molar-refractivity contribution in [2.75, 3.05) is 0 Å². The molecule has 1 amide bonds. The zero-order valence-electron chi connectivity index (χ0n) is 16.1. The highest BCUT2D eigenvalue weighted by Crippen LogP contribution is 2.34. The minimum atomic E-state index is -0.160. The van der Waals surface area contributed by atoms with Crippen molar-refractivity contribution in [3.63, 3.8) is 0 Å². The van der Waals surface area contributed by atoms with E-state index in [2.05, 4.69) is 24.1 Å². The summed E-state index contributed by atoms with van der Waals surface area (Å²) >= 11 is 3.12. The number of rotatable bonds is 7. The number of amides is 1. The normalized spacial score (nSPS) is 12.6. The lowest BCUT2D eigenvalue weighted by Gasteiger charge is -2.15. The van der Waals surface area contributed by atoms with E-state index in [1.165, 1.54) is 27.1 Å². The molecule has 0 unspecified atom stereocenters. The van der Waals surface area contributed by atoms with Crippen molar-refractivity contribution in [3.8, 4) is 10.4 Å². The number of thiophene rings is 2. The van der Waals surface area contributed by atoms with Crippen molar-refractivity contribution < 1.29 is 4.79 Å². The second kappa shape index (κ2) is 8.35. The molecule has 27 heavy (non-hydrogen) atoms. The molecule has 3 aromatic heterocycles. The molecule has 0 fully saturated rings. The van der Waals surface area contributed by atoms with E-state index < -0.39 is 0 Å². The maximum Gasteiger partial charge on any atom is 0.263 e. The van der Waals surface area contributed by atoms with Crippen molar-refractivity contribution in [1.82, 2.24) is 14.9 Å². The van der Waals surface area contributed by atoms with Crippen LogP contribution < -0.4 is 10.9 Å². The number of carbonyl (C=O) groups excluding carboxylic acids is 1. The second-order valence-electron chi connectivity index (χ2n) is 7.36. The summed E-state index contributed by atoms with van der Waals surface area (Å²) in [6.45, 7) is 8.38. The molecule has 144 valence electrons. The first kappa shape index (κ1) is 19.8. The Morgan fingerprint density at radius 3 is 2.70 bits per heavy atom. The third-order valence-corrected chi connectivity index (χ3v) is 6.39. The van der Waals surface area contributed by atoms with E-state index in [1.54, 1.807) is 11.3 Å². The van der Waals surface area contributed by atoms with Gasteiger partial charge < -0.3 is 5.32 Å². The topological polar surface area (TPSA) is 64.0 Å². The molecule has 0 aliphatic rings. The zero-order valence-corrected chi connectivity index (χ0v) is 17.7. The van der Waals surface area contributed by atoms with Crippen molar-refractivity contribution in [1.29, 1.82) is 0 Å². The minimum absolute atomic E-state index is 0.00739. The first-order valence-electron chi connectivity index (χ1n) is 9.18. The number of hydrogen-bond acceptors (Lipinski definition) is 5. The predicted octanol–water partition coefficient (Wildman–Crippen LogP) is 4.44. The molecule has 1 N–H and O–H groups in total. The number of hydrogen-bond donors (Lipinski definition) is 1. The molecule has 5 nitrogen and oxygen atoms in total. The molecule has 0 saturated heterocycles. The summed E-state index contributed by atoms with van der Waals surface area (Å²) in [6.07, 6.45) is 3.47. The van der Waals surface area contributed by atoms with Crippen molar-refractivity contribution in [3.05, 3.63) is 39.1 Å². The van der Waals surface area contributed by atoms with Gasteiger partial charge in [0, 0.05) is 26.7 Å². The molecule has 0 aromatic carbocycles. The van der Waals surface area contributed by atoms with E-state index in [0.717, 1.165) is 23.3 Å². The molecule has 1 atom stereocenters. The highest BCUT2D eigenvalue weighted by Gasteiger charge is 2.16. The summed E-state index contributed by atoms with van der Waals surface area (Å²) in [5, 5.41) is 5.56. The van der Waals surface area contributed by atoms with E-state index in [0.29, 0.717) is 16.1 Å². The SMILES string of the molecule is Cc1ccc(-c2csc3ncn(CC(=O)N[C@@H](C)CCC(C)C)c(=O)c23)s1. The molecule has 0 aliphatic heterocycles. The number of nitrogens with zero attached hydrogens (tertiary/aromatic N) is 2. The molecule has 0 bridgehead atoms. The standard InChI is InChI=1S/C20H25N3O2S2/c1-12(2)5-6-13(3)22-17(24)9-23-11-21-19-18(20(23)25)15(10-26-19)16-8-7-14(4)27-16/h7-8,10-13H,5-6,9H2,1-4H3,(H,22,24)/t13-/m0/s1. The lowest BCUT2D eigenvalue weighted by molar-refractivity contribution is -0.122. The molecule has 3 aromatic rings. The highest BCUT2D eigenvalue weighted by molar-refractivity contribution is 7.19. The third-order valence-electron chi connectivity index (χ3n) is 4.46. The van der Waals surface area contributed by atoms with Gasteiger partial charge in [-0.2, -0.15) is 0 Å². The first-order chi connectivity index (χ1) is 12.8. The predicted molar refractivity (Wildman–Crippen MR) is 114 cm³/mol. The van der Waals surface area contributed by atoms with Crippen molar-refractivity contribution >= 4 is 38.8 Å². The Balaban J connectivity index is 1.80. The molecule has 0 spiro atoms. The molecule has 3 heterocycles. The maximum atomic E-state index is 13.0. The van der Waals surface area contributed by atoms with Crippen molar-refractivity contribution in [2.24, 2.45) is 5.92 Å². The van der Waals surface area contributed by atoms with Gasteiger partial charge in [-0.1, -0.05) is 13.8 Å². The van der Waals surface area contributed by atoms with E-state index in [1.807, 2.05) is 31.4 Å². The summed E-state index contributed by atoms with van der Waals surface area (Å²) in [6, 6.07) is 4.17. The van der Waals surface area contributed by atoms with Gasteiger partial charge in [0.1, 0.15) is 11.4 Å². The van der Waals surface area contributed by atoms with Crippen LogP contribution in [0, 0.1) is 12.8 Å². The van der Waals surface area contributed by atoms with Gasteiger partial charge >= 0.3 is 0 Å². The summed E-state index contributed by atoms with van der Waals surface area (Å²) in [5.41, 5.74) is 0.748. The Kier molecular flexibility index (Phi) is 6.11. The Hall–Kier alpha value is -1.99. The van der Waals surface area contributed by atoms with Gasteiger partial charge in [0.2, 0.25) is 5.91 Å². The summed E-state index contributed by atoms with van der Waals surface area (Å²) in [7, 11) is 0. The summed E-state index contributed by atoms with van der Waals surface area (Å²) < 4.78 is 1.41. The van der Waals surface area contributed by atoms with Crippen molar-refractivity contribution in [2.45, 2.75) is 53.1 Å². The number of carbonyl (C=O) groups is 1. The van der Waals surface area contributed by atoms with Crippen LogP contribution in [0.4, 0.5) is 0 Å². The van der Waals surface area contributed by atoms with Crippen LogP contribution in [0.25, 0.3) is 20.7 Å². The second-order valence-corrected chi connectivity index (χ2v) is 9.50. The van der Waals surface area contributed by atoms with Gasteiger partial charge in [0.25, 0.3) is 5.56 Å². The van der Waals surface area contributed by atoms with Crippen LogP contribution in [0.1, 0.15) is 38.5 Å². The third kappa shape index (κ3) is 4.65. The first-order valence-corrected chi connectivity index (χ1v) is 10.9. The van der Waals surface area contributed by atoms with Crippen LogP contribution >= 0.6 is 22.7 Å². The van der Waals surface area contributed by atoms with Crippen LogP contribution in [0.15, 0.2) is 28.6 Å². The average Bonchev–Trinajstić information content (AvgIpc) is 3.21. The molecular formula is C20H25N3O2S2. The van der Waals surface area contributed by atoms with E-state index in [4.69, 9.17) is 0 Å². The number of nitrogens with one attached hydrogen (secondary N) is 1. The Morgan fingerprint density at radius 2 is 2.04 bits per heavy atom. The van der Waals surface area contributed by atoms with E-state index in [9.17, 15) is 9.59 Å². The molecule has 0 saturated carbocycles. The fourth-order valence-electron chi connectivity index (χ4n) is 2.97. The van der Waals surface area contributed by atoms with Crippen LogP contribution in [0.2, 0.25) is 0 Å². The van der Waals surface area contributed by atoms with E-state index in [-0.39, 0.29) is 24.1 Å². The zero-order chi connectivity index (χ0) is 19.6. The monoisotopic (exact) mass is 403 g/mol. The van der Waals surface area contributed by atoms with Crippen LogP contribution in [0.5, 0.6) is 0 Å². The quantitative estimate of drug-likeness (QED) is 0.634. The number of aromatic nitrogens is 2. The summed E-state index contributed by atoms with van der Waals surface area (Å²) in [5.74, 6) is 0.453. The Labute approximate surface area is 167 Å². The fraction of sp³-hybridized carbons (Fsp3) is 0.450. The lowest BCUT2D eigenvalue weighted by atomic mass is 10.0. The number of fused-ring (bicyclic) bond motifs is 1. The van der Waals surface area contributed by atoms with Gasteiger partial charge in [-0.15, -0.1) is 22.7 Å². The molecular weight excluding hydrogens is 378 g/mol. The smallest absolute Gasteiger partial charge is 0.263 e. The van der Waals surface area contributed by atoms with Crippen LogP contribution in [0.3, 0.4) is 0 Å². The molecule has 0 aliphatic carbocycles. The van der Waals surface area contributed by atoms with Gasteiger partial charge in [-0.3, -0.25) is 14.2 Å². The molecule has 7 heteroatoms. The highest BCUT2D eigenvalue weighted by atomic mass is 32.1. The minimum Gasteiger partial charge on any atom is -0.352 e. The molecule has 0 radical (unpaired) electrons. The van der Waals surface area contributed by atoms with Crippen LogP contribution in [-0.2, 0) is 11.3 Å². The van der Waals surface area contributed by atoms with Gasteiger partial charge in [0.15, 0.2) is 0 Å². The summed E-state index contributed by atoms with van der Waals surface area (Å²) in [4.78, 5) is 32.7.